The molecule has 5 heteroatoms. The third kappa shape index (κ3) is 4.73. The number of anilines is 1. The van der Waals surface area contributed by atoms with Crippen molar-refractivity contribution in [3.8, 4) is 0 Å². The number of hydrogen-bond donors (Lipinski definition) is 1. The van der Waals surface area contributed by atoms with Crippen LogP contribution in [0.5, 0.6) is 0 Å². The molecule has 0 aliphatic carbocycles. The van der Waals surface area contributed by atoms with Crippen molar-refractivity contribution >= 4 is 28.9 Å². The van der Waals surface area contributed by atoms with Gasteiger partial charge in [0.2, 0.25) is 0 Å². The van der Waals surface area contributed by atoms with Gasteiger partial charge in [0.05, 0.1) is 4.88 Å². The van der Waals surface area contributed by atoms with Gasteiger partial charge in [-0.05, 0) is 43.7 Å². The number of nitrogens with zero attached hydrogens (tertiary/aromatic N) is 1. The molecule has 0 spiro atoms. The highest BCUT2D eigenvalue weighted by Gasteiger charge is 2.11. The average Bonchev–Trinajstić information content (AvgIpc) is 3.06. The first kappa shape index (κ1) is 17.8. The molecular formula is C19H19FN2OS. The molecule has 124 valence electrons. The predicted molar refractivity (Wildman–Crippen MR) is 98.7 cm³/mol. The minimum atomic E-state index is -0.277. The lowest BCUT2D eigenvalue weighted by Crippen LogP contribution is -2.01. The number of hydrogen-bond acceptors (Lipinski definition) is 4. The SMILES string of the molecule is C\C=C(/C(=C\C=C\CC)Nc1ccc(F)cc1)c1cnc(C=O)s1. The predicted octanol–water partition coefficient (Wildman–Crippen LogP) is 5.46. The van der Waals surface area contributed by atoms with Crippen LogP contribution in [0, 0.1) is 5.82 Å². The quantitative estimate of drug-likeness (QED) is 0.536. The molecule has 0 saturated heterocycles. The molecule has 2 rings (SSSR count). The Hall–Kier alpha value is -2.53. The van der Waals surface area contributed by atoms with E-state index in [-0.39, 0.29) is 5.82 Å². The van der Waals surface area contributed by atoms with Crippen LogP contribution in [0.1, 0.15) is 34.9 Å². The van der Waals surface area contributed by atoms with Gasteiger partial charge in [0.1, 0.15) is 5.82 Å². The molecule has 1 aromatic carbocycles. The van der Waals surface area contributed by atoms with Gasteiger partial charge in [-0.1, -0.05) is 25.2 Å². The van der Waals surface area contributed by atoms with Crippen LogP contribution in [0.3, 0.4) is 0 Å². The molecule has 0 radical (unpaired) electrons. The Balaban J connectivity index is 2.36. The van der Waals surface area contributed by atoms with Crippen LogP contribution in [-0.4, -0.2) is 11.3 Å². The van der Waals surface area contributed by atoms with E-state index in [0.717, 1.165) is 34.5 Å². The molecule has 0 atom stereocenters. The molecule has 2 aromatic rings. The van der Waals surface area contributed by atoms with Gasteiger partial charge >= 0.3 is 0 Å². The number of aldehydes is 1. The maximum Gasteiger partial charge on any atom is 0.178 e. The lowest BCUT2D eigenvalue weighted by atomic mass is 10.1. The van der Waals surface area contributed by atoms with E-state index in [0.29, 0.717) is 5.01 Å². The lowest BCUT2D eigenvalue weighted by molar-refractivity contribution is 0.112. The summed E-state index contributed by atoms with van der Waals surface area (Å²) in [5.41, 5.74) is 2.58. The number of carbonyl (C=O) groups is 1. The van der Waals surface area contributed by atoms with Crippen molar-refractivity contribution in [3.05, 3.63) is 76.2 Å². The van der Waals surface area contributed by atoms with Gasteiger partial charge < -0.3 is 5.32 Å². The molecule has 0 bridgehead atoms. The molecule has 0 fully saturated rings. The molecule has 0 aliphatic heterocycles. The van der Waals surface area contributed by atoms with E-state index in [1.54, 1.807) is 18.3 Å². The molecule has 0 aliphatic rings. The van der Waals surface area contributed by atoms with Gasteiger partial charge in [-0.2, -0.15) is 0 Å². The molecule has 0 unspecified atom stereocenters. The van der Waals surface area contributed by atoms with Crippen molar-refractivity contribution in [1.82, 2.24) is 4.98 Å². The number of carbonyl (C=O) groups excluding carboxylic acids is 1. The van der Waals surface area contributed by atoms with Gasteiger partial charge in [0.25, 0.3) is 0 Å². The highest BCUT2D eigenvalue weighted by molar-refractivity contribution is 7.14. The summed E-state index contributed by atoms with van der Waals surface area (Å²) in [6, 6.07) is 6.19. The number of nitrogens with one attached hydrogen (secondary N) is 1. The van der Waals surface area contributed by atoms with Crippen molar-refractivity contribution in [2.75, 3.05) is 5.32 Å². The molecule has 0 amide bonds. The van der Waals surface area contributed by atoms with E-state index in [2.05, 4.69) is 17.2 Å². The Labute approximate surface area is 145 Å². The highest BCUT2D eigenvalue weighted by atomic mass is 32.1. The summed E-state index contributed by atoms with van der Waals surface area (Å²) < 4.78 is 13.1. The Morgan fingerprint density at radius 2 is 2.08 bits per heavy atom. The van der Waals surface area contributed by atoms with Crippen LogP contribution >= 0.6 is 11.3 Å². The van der Waals surface area contributed by atoms with E-state index in [9.17, 15) is 9.18 Å². The van der Waals surface area contributed by atoms with Crippen LogP contribution in [0.4, 0.5) is 10.1 Å². The second kappa shape index (κ2) is 8.93. The summed E-state index contributed by atoms with van der Waals surface area (Å²) in [6.45, 7) is 3.99. The molecule has 24 heavy (non-hydrogen) atoms. The number of halogens is 1. The summed E-state index contributed by atoms with van der Waals surface area (Å²) in [5, 5.41) is 3.75. The maximum absolute atomic E-state index is 13.1. The number of aromatic nitrogens is 1. The topological polar surface area (TPSA) is 42.0 Å². The highest BCUT2D eigenvalue weighted by Crippen LogP contribution is 2.29. The molecule has 1 N–H and O–H groups in total. The number of thiazole rings is 1. The number of allylic oxidation sites excluding steroid dienone is 5. The fourth-order valence-electron chi connectivity index (χ4n) is 2.08. The molecule has 1 heterocycles. The van der Waals surface area contributed by atoms with Crippen LogP contribution < -0.4 is 5.32 Å². The largest absolute Gasteiger partial charge is 0.355 e. The van der Waals surface area contributed by atoms with E-state index in [1.165, 1.54) is 23.5 Å². The first-order valence-corrected chi connectivity index (χ1v) is 8.47. The van der Waals surface area contributed by atoms with Crippen LogP contribution in [-0.2, 0) is 0 Å². The molecule has 3 nitrogen and oxygen atoms in total. The zero-order valence-electron chi connectivity index (χ0n) is 13.6. The van der Waals surface area contributed by atoms with Crippen molar-refractivity contribution in [3.63, 3.8) is 0 Å². The Bertz CT molecular complexity index is 773. The fraction of sp³-hybridized carbons (Fsp3) is 0.158. The van der Waals surface area contributed by atoms with E-state index in [4.69, 9.17) is 0 Å². The minimum Gasteiger partial charge on any atom is -0.355 e. The number of benzene rings is 1. The summed E-state index contributed by atoms with van der Waals surface area (Å²) >= 11 is 1.33. The van der Waals surface area contributed by atoms with Crippen molar-refractivity contribution in [2.45, 2.75) is 20.3 Å². The van der Waals surface area contributed by atoms with Crippen molar-refractivity contribution in [2.24, 2.45) is 0 Å². The van der Waals surface area contributed by atoms with Gasteiger partial charge in [-0.25, -0.2) is 9.37 Å². The first-order chi connectivity index (χ1) is 11.7. The second-order valence-electron chi connectivity index (χ2n) is 4.93. The van der Waals surface area contributed by atoms with Crippen LogP contribution in [0.25, 0.3) is 5.57 Å². The molecular weight excluding hydrogens is 323 g/mol. The first-order valence-electron chi connectivity index (χ1n) is 7.65. The zero-order chi connectivity index (χ0) is 17.4. The van der Waals surface area contributed by atoms with Crippen molar-refractivity contribution < 1.29 is 9.18 Å². The lowest BCUT2D eigenvalue weighted by Gasteiger charge is -2.13. The maximum atomic E-state index is 13.1. The third-order valence-electron chi connectivity index (χ3n) is 3.23. The standard InChI is InChI=1S/C19H19FN2OS/c1-3-5-6-7-17(22-15-10-8-14(20)9-11-15)16(4-2)18-12-21-19(13-23)24-18/h4-13,22H,3H2,1-2H3/b6-5+,16-4+,17-7+. The monoisotopic (exact) mass is 342 g/mol. The van der Waals surface area contributed by atoms with Gasteiger partial charge in [0.15, 0.2) is 11.3 Å². The van der Waals surface area contributed by atoms with E-state index < -0.39 is 0 Å². The molecule has 1 aromatic heterocycles. The number of rotatable bonds is 7. The summed E-state index contributed by atoms with van der Waals surface area (Å²) in [7, 11) is 0. The van der Waals surface area contributed by atoms with Gasteiger partial charge in [-0.15, -0.1) is 11.3 Å². The fourth-order valence-corrected chi connectivity index (χ4v) is 2.91. The van der Waals surface area contributed by atoms with Crippen LogP contribution in [0.15, 0.2) is 60.5 Å². The smallest absolute Gasteiger partial charge is 0.178 e. The Morgan fingerprint density at radius 3 is 2.67 bits per heavy atom. The van der Waals surface area contributed by atoms with Crippen LogP contribution in [0.2, 0.25) is 0 Å². The van der Waals surface area contributed by atoms with E-state index in [1.807, 2.05) is 31.2 Å². The normalized spacial score (nSPS) is 12.6. The van der Waals surface area contributed by atoms with Gasteiger partial charge in [-0.3, -0.25) is 4.79 Å². The summed E-state index contributed by atoms with van der Waals surface area (Å²) in [4.78, 5) is 15.9. The average molecular weight is 342 g/mol. The minimum absolute atomic E-state index is 0.277. The second-order valence-corrected chi connectivity index (χ2v) is 5.99. The summed E-state index contributed by atoms with van der Waals surface area (Å²) in [6.07, 6.45) is 11.3. The molecule has 0 saturated carbocycles. The zero-order valence-corrected chi connectivity index (χ0v) is 14.4. The Morgan fingerprint density at radius 1 is 1.33 bits per heavy atom. The van der Waals surface area contributed by atoms with Crippen molar-refractivity contribution in [1.29, 1.82) is 0 Å². The summed E-state index contributed by atoms with van der Waals surface area (Å²) in [5.74, 6) is -0.277. The Kier molecular flexibility index (Phi) is 6.63. The van der Waals surface area contributed by atoms with Gasteiger partial charge in [0, 0.05) is 23.2 Å². The third-order valence-corrected chi connectivity index (χ3v) is 4.18. The van der Waals surface area contributed by atoms with E-state index >= 15 is 0 Å².